The van der Waals surface area contributed by atoms with Crippen molar-refractivity contribution >= 4 is 17.7 Å². The SMILES string of the molecule is CCc1cc(-c2nnc(SCC(=O)O)o2)nn1CC. The number of carbonyl (C=O) groups is 1. The van der Waals surface area contributed by atoms with Crippen molar-refractivity contribution in [2.24, 2.45) is 0 Å². The van der Waals surface area contributed by atoms with Crippen molar-refractivity contribution in [3.63, 3.8) is 0 Å². The number of thioether (sulfide) groups is 1. The summed E-state index contributed by atoms with van der Waals surface area (Å²) in [5, 5.41) is 20.9. The first-order valence-corrected chi connectivity index (χ1v) is 6.87. The van der Waals surface area contributed by atoms with E-state index in [1.54, 1.807) is 0 Å². The van der Waals surface area contributed by atoms with E-state index in [0.717, 1.165) is 30.4 Å². The highest BCUT2D eigenvalue weighted by molar-refractivity contribution is 7.99. The molecule has 8 heteroatoms. The van der Waals surface area contributed by atoms with Crippen LogP contribution in [0.3, 0.4) is 0 Å². The van der Waals surface area contributed by atoms with Gasteiger partial charge >= 0.3 is 5.97 Å². The average molecular weight is 282 g/mol. The largest absolute Gasteiger partial charge is 0.481 e. The molecule has 102 valence electrons. The van der Waals surface area contributed by atoms with Crippen LogP contribution in [0.1, 0.15) is 19.5 Å². The van der Waals surface area contributed by atoms with E-state index in [1.165, 1.54) is 0 Å². The van der Waals surface area contributed by atoms with Gasteiger partial charge in [-0.2, -0.15) is 5.10 Å². The van der Waals surface area contributed by atoms with Crippen molar-refractivity contribution in [1.29, 1.82) is 0 Å². The summed E-state index contributed by atoms with van der Waals surface area (Å²) in [5.41, 5.74) is 1.71. The van der Waals surface area contributed by atoms with Gasteiger partial charge in [-0.1, -0.05) is 18.7 Å². The van der Waals surface area contributed by atoms with Crippen molar-refractivity contribution in [2.75, 3.05) is 5.75 Å². The fourth-order valence-electron chi connectivity index (χ4n) is 1.61. The Balaban J connectivity index is 2.17. The number of hydrogen-bond acceptors (Lipinski definition) is 6. The van der Waals surface area contributed by atoms with Crippen LogP contribution in [-0.2, 0) is 17.8 Å². The Kier molecular flexibility index (Phi) is 4.20. The second-order valence-corrected chi connectivity index (χ2v) is 4.67. The Hall–Kier alpha value is -1.83. The number of carboxylic acids is 1. The molecular formula is C11H14N4O3S. The zero-order valence-corrected chi connectivity index (χ0v) is 11.5. The first kappa shape index (κ1) is 13.6. The summed E-state index contributed by atoms with van der Waals surface area (Å²) >= 11 is 0.992. The Morgan fingerprint density at radius 1 is 1.47 bits per heavy atom. The highest BCUT2D eigenvalue weighted by atomic mass is 32.2. The maximum absolute atomic E-state index is 10.4. The third kappa shape index (κ3) is 3.14. The summed E-state index contributed by atoms with van der Waals surface area (Å²) < 4.78 is 7.26. The van der Waals surface area contributed by atoms with Crippen LogP contribution >= 0.6 is 11.8 Å². The van der Waals surface area contributed by atoms with E-state index in [4.69, 9.17) is 9.52 Å². The van der Waals surface area contributed by atoms with Gasteiger partial charge in [-0.3, -0.25) is 9.48 Å². The molecule has 0 fully saturated rings. The third-order valence-electron chi connectivity index (χ3n) is 2.47. The predicted molar refractivity (Wildman–Crippen MR) is 68.9 cm³/mol. The van der Waals surface area contributed by atoms with E-state index >= 15 is 0 Å². The number of rotatable bonds is 6. The van der Waals surface area contributed by atoms with Gasteiger partial charge in [-0.25, -0.2) is 0 Å². The van der Waals surface area contributed by atoms with Gasteiger partial charge in [0.25, 0.3) is 11.1 Å². The van der Waals surface area contributed by atoms with Gasteiger partial charge in [0, 0.05) is 12.2 Å². The van der Waals surface area contributed by atoms with Crippen LogP contribution in [0.4, 0.5) is 0 Å². The highest BCUT2D eigenvalue weighted by Crippen LogP contribution is 2.23. The number of nitrogens with zero attached hydrogens (tertiary/aromatic N) is 4. The van der Waals surface area contributed by atoms with Crippen molar-refractivity contribution < 1.29 is 14.3 Å². The van der Waals surface area contributed by atoms with Crippen LogP contribution in [0.15, 0.2) is 15.7 Å². The molecule has 0 amide bonds. The standard InChI is InChI=1S/C11H14N4O3S/c1-3-7-5-8(14-15(7)4-2)10-12-13-11(18-10)19-6-9(16)17/h5H,3-4,6H2,1-2H3,(H,16,17). The van der Waals surface area contributed by atoms with E-state index in [1.807, 2.05) is 17.7 Å². The molecule has 0 unspecified atom stereocenters. The molecular weight excluding hydrogens is 268 g/mol. The normalized spacial score (nSPS) is 10.8. The summed E-state index contributed by atoms with van der Waals surface area (Å²) in [6, 6.07) is 1.91. The Morgan fingerprint density at radius 2 is 2.26 bits per heavy atom. The number of aromatic nitrogens is 4. The predicted octanol–water partition coefficient (Wildman–Crippen LogP) is 1.69. The summed E-state index contributed by atoms with van der Waals surface area (Å²) in [4.78, 5) is 10.4. The zero-order valence-electron chi connectivity index (χ0n) is 10.7. The fraction of sp³-hybridized carbons (Fsp3) is 0.455. The number of hydrogen-bond donors (Lipinski definition) is 1. The molecule has 7 nitrogen and oxygen atoms in total. The van der Waals surface area contributed by atoms with E-state index in [0.29, 0.717) is 11.6 Å². The Morgan fingerprint density at radius 3 is 2.84 bits per heavy atom. The molecule has 0 saturated carbocycles. The van der Waals surface area contributed by atoms with Gasteiger partial charge in [0.15, 0.2) is 0 Å². The number of aliphatic carboxylic acids is 1. The molecule has 19 heavy (non-hydrogen) atoms. The first-order valence-electron chi connectivity index (χ1n) is 5.89. The van der Waals surface area contributed by atoms with Crippen molar-refractivity contribution in [1.82, 2.24) is 20.0 Å². The maximum atomic E-state index is 10.4. The van der Waals surface area contributed by atoms with Gasteiger partial charge in [0.1, 0.15) is 11.4 Å². The summed E-state index contributed by atoms with van der Waals surface area (Å²) in [6.45, 7) is 4.84. The van der Waals surface area contributed by atoms with E-state index in [2.05, 4.69) is 22.2 Å². The molecule has 0 aromatic carbocycles. The summed E-state index contributed by atoms with van der Waals surface area (Å²) in [6.07, 6.45) is 0.871. The van der Waals surface area contributed by atoms with Crippen LogP contribution in [-0.4, -0.2) is 36.8 Å². The van der Waals surface area contributed by atoms with Gasteiger partial charge in [-0.05, 0) is 19.4 Å². The van der Waals surface area contributed by atoms with Gasteiger partial charge in [0.2, 0.25) is 0 Å². The van der Waals surface area contributed by atoms with E-state index < -0.39 is 5.97 Å². The third-order valence-corrected chi connectivity index (χ3v) is 3.27. The highest BCUT2D eigenvalue weighted by Gasteiger charge is 2.15. The second kappa shape index (κ2) is 5.87. The lowest BCUT2D eigenvalue weighted by Crippen LogP contribution is -2.00. The molecule has 2 heterocycles. The Labute approximate surface area is 114 Å². The van der Waals surface area contributed by atoms with Crippen LogP contribution in [0.25, 0.3) is 11.6 Å². The van der Waals surface area contributed by atoms with Crippen LogP contribution in [0.2, 0.25) is 0 Å². The molecule has 0 spiro atoms. The van der Waals surface area contributed by atoms with Gasteiger partial charge in [-0.15, -0.1) is 10.2 Å². The van der Waals surface area contributed by atoms with Crippen LogP contribution in [0.5, 0.6) is 0 Å². The molecule has 2 aromatic rings. The number of carboxylic acid groups (broad SMARTS) is 1. The molecule has 0 saturated heterocycles. The average Bonchev–Trinajstić information content (AvgIpc) is 3.02. The zero-order chi connectivity index (χ0) is 13.8. The molecule has 2 rings (SSSR count). The second-order valence-electron chi connectivity index (χ2n) is 3.75. The summed E-state index contributed by atoms with van der Waals surface area (Å²) in [5.74, 6) is -0.714. The van der Waals surface area contributed by atoms with Gasteiger partial charge < -0.3 is 9.52 Å². The molecule has 0 aliphatic heterocycles. The first-order chi connectivity index (χ1) is 9.13. The van der Waals surface area contributed by atoms with Crippen molar-refractivity contribution in [2.45, 2.75) is 32.0 Å². The molecule has 0 atom stereocenters. The fourth-order valence-corrected chi connectivity index (χ4v) is 2.10. The molecule has 0 radical (unpaired) electrons. The maximum Gasteiger partial charge on any atom is 0.314 e. The minimum absolute atomic E-state index is 0.106. The molecule has 1 N–H and O–H groups in total. The number of aryl methyl sites for hydroxylation is 2. The van der Waals surface area contributed by atoms with E-state index in [9.17, 15) is 4.79 Å². The van der Waals surface area contributed by atoms with Crippen molar-refractivity contribution in [3.8, 4) is 11.6 Å². The van der Waals surface area contributed by atoms with Crippen LogP contribution < -0.4 is 0 Å². The summed E-state index contributed by atoms with van der Waals surface area (Å²) in [7, 11) is 0. The smallest absolute Gasteiger partial charge is 0.314 e. The molecule has 0 aliphatic carbocycles. The minimum atomic E-state index is -0.923. The lowest BCUT2D eigenvalue weighted by atomic mass is 10.3. The quantitative estimate of drug-likeness (QED) is 0.805. The van der Waals surface area contributed by atoms with Crippen molar-refractivity contribution in [3.05, 3.63) is 11.8 Å². The monoisotopic (exact) mass is 282 g/mol. The molecule has 2 aromatic heterocycles. The Bertz CT molecular complexity index is 557. The lowest BCUT2D eigenvalue weighted by Gasteiger charge is -1.98. The molecule has 0 bridgehead atoms. The minimum Gasteiger partial charge on any atom is -0.481 e. The molecule has 0 aliphatic rings. The van der Waals surface area contributed by atoms with E-state index in [-0.39, 0.29) is 11.0 Å². The van der Waals surface area contributed by atoms with Gasteiger partial charge in [0.05, 0.1) is 0 Å². The topological polar surface area (TPSA) is 94.0 Å². The lowest BCUT2D eigenvalue weighted by molar-refractivity contribution is -0.133. The van der Waals surface area contributed by atoms with Crippen LogP contribution in [0, 0.1) is 0 Å².